The van der Waals surface area contributed by atoms with Gasteiger partial charge >= 0.3 is 5.97 Å². The van der Waals surface area contributed by atoms with Gasteiger partial charge in [-0.05, 0) is 53.4 Å². The maximum absolute atomic E-state index is 13.3. The van der Waals surface area contributed by atoms with Crippen LogP contribution in [0.3, 0.4) is 0 Å². The van der Waals surface area contributed by atoms with Gasteiger partial charge in [-0.1, -0.05) is 24.3 Å². The van der Waals surface area contributed by atoms with Gasteiger partial charge in [0.25, 0.3) is 5.56 Å². The molecule has 3 aromatic rings. The molecule has 0 saturated heterocycles. The molecule has 24 heavy (non-hydrogen) atoms. The van der Waals surface area contributed by atoms with Gasteiger partial charge in [0, 0.05) is 6.20 Å². The van der Waals surface area contributed by atoms with Crippen molar-refractivity contribution in [2.24, 2.45) is 0 Å². The number of nitrogens with one attached hydrogen (secondary N) is 1. The number of H-pyrrole nitrogens is 1. The number of aromatic amines is 1. The molecule has 122 valence electrons. The summed E-state index contributed by atoms with van der Waals surface area (Å²) in [7, 11) is 0. The van der Waals surface area contributed by atoms with Crippen LogP contribution in [0.25, 0.3) is 10.8 Å². The molecule has 0 aliphatic carbocycles. The molecule has 3 rings (SSSR count). The van der Waals surface area contributed by atoms with Crippen LogP contribution in [0.2, 0.25) is 0 Å². The molecular formula is C19H16FNO3. The molecule has 0 fully saturated rings. The van der Waals surface area contributed by atoms with Crippen molar-refractivity contribution in [3.8, 4) is 0 Å². The first-order chi connectivity index (χ1) is 11.6. The molecule has 1 heterocycles. The molecule has 0 saturated carbocycles. The van der Waals surface area contributed by atoms with Gasteiger partial charge in [0.05, 0.1) is 6.61 Å². The highest BCUT2D eigenvalue weighted by Gasteiger charge is 2.17. The molecule has 1 N–H and O–H groups in total. The summed E-state index contributed by atoms with van der Waals surface area (Å²) in [6.45, 7) is 1.89. The van der Waals surface area contributed by atoms with Crippen molar-refractivity contribution < 1.29 is 13.9 Å². The van der Waals surface area contributed by atoms with Crippen LogP contribution in [0.15, 0.2) is 53.5 Å². The standard InChI is InChI=1S/C19H16FNO3/c1-2-24-19(23)17-15(7-8-21-18(17)22)10-12-3-4-14-11-16(20)6-5-13(14)9-12/h3-9,11H,2,10H2,1H3,(H,21,22). The number of benzene rings is 2. The van der Waals surface area contributed by atoms with E-state index in [9.17, 15) is 14.0 Å². The van der Waals surface area contributed by atoms with Crippen molar-refractivity contribution in [1.82, 2.24) is 4.98 Å². The van der Waals surface area contributed by atoms with Gasteiger partial charge in [-0.25, -0.2) is 9.18 Å². The van der Waals surface area contributed by atoms with Crippen LogP contribution in [0.4, 0.5) is 4.39 Å². The van der Waals surface area contributed by atoms with E-state index in [1.54, 1.807) is 19.1 Å². The fourth-order valence-corrected chi connectivity index (χ4v) is 2.69. The maximum atomic E-state index is 13.3. The third-order valence-corrected chi connectivity index (χ3v) is 3.79. The molecule has 0 atom stereocenters. The smallest absolute Gasteiger partial charge is 0.344 e. The second-order valence-electron chi connectivity index (χ2n) is 5.43. The highest BCUT2D eigenvalue weighted by Crippen LogP contribution is 2.20. The SMILES string of the molecule is CCOC(=O)c1c(Cc2ccc3cc(F)ccc3c2)cc[nH]c1=O. The van der Waals surface area contributed by atoms with Gasteiger partial charge in [0.2, 0.25) is 0 Å². The number of carbonyl (C=O) groups excluding carboxylic acids is 1. The molecule has 0 radical (unpaired) electrons. The number of carbonyl (C=O) groups is 1. The monoisotopic (exact) mass is 325 g/mol. The van der Waals surface area contributed by atoms with Gasteiger partial charge in [-0.2, -0.15) is 0 Å². The lowest BCUT2D eigenvalue weighted by atomic mass is 9.99. The van der Waals surface area contributed by atoms with Crippen LogP contribution >= 0.6 is 0 Å². The normalized spacial score (nSPS) is 10.8. The Kier molecular flexibility index (Phi) is 4.42. The minimum Gasteiger partial charge on any atom is -0.462 e. The lowest BCUT2D eigenvalue weighted by Crippen LogP contribution is -2.22. The third kappa shape index (κ3) is 3.20. The van der Waals surface area contributed by atoms with E-state index in [4.69, 9.17) is 4.74 Å². The summed E-state index contributed by atoms with van der Waals surface area (Å²) in [4.78, 5) is 26.5. The fraction of sp³-hybridized carbons (Fsp3) is 0.158. The van der Waals surface area contributed by atoms with E-state index in [-0.39, 0.29) is 18.0 Å². The summed E-state index contributed by atoms with van der Waals surface area (Å²) >= 11 is 0. The summed E-state index contributed by atoms with van der Waals surface area (Å²) in [5.74, 6) is -0.911. The summed E-state index contributed by atoms with van der Waals surface area (Å²) in [5.41, 5.74) is 1.08. The van der Waals surface area contributed by atoms with Crippen molar-refractivity contribution in [1.29, 1.82) is 0 Å². The quantitative estimate of drug-likeness (QED) is 0.748. The Bertz CT molecular complexity index is 962. The van der Waals surface area contributed by atoms with Crippen molar-refractivity contribution in [2.45, 2.75) is 13.3 Å². The zero-order valence-corrected chi connectivity index (χ0v) is 13.1. The van der Waals surface area contributed by atoms with Crippen LogP contribution in [-0.4, -0.2) is 17.6 Å². The largest absolute Gasteiger partial charge is 0.462 e. The van der Waals surface area contributed by atoms with Crippen molar-refractivity contribution in [3.63, 3.8) is 0 Å². The zero-order chi connectivity index (χ0) is 17.1. The number of aromatic nitrogens is 1. The van der Waals surface area contributed by atoms with E-state index in [2.05, 4.69) is 4.98 Å². The molecule has 0 aliphatic heterocycles. The van der Waals surface area contributed by atoms with Gasteiger partial charge in [-0.15, -0.1) is 0 Å². The molecule has 2 aromatic carbocycles. The second kappa shape index (κ2) is 6.66. The Balaban J connectivity index is 1.99. The van der Waals surface area contributed by atoms with E-state index in [0.717, 1.165) is 16.3 Å². The predicted molar refractivity (Wildman–Crippen MR) is 89.7 cm³/mol. The highest BCUT2D eigenvalue weighted by atomic mass is 19.1. The van der Waals surface area contributed by atoms with Crippen molar-refractivity contribution in [3.05, 3.63) is 81.5 Å². The van der Waals surface area contributed by atoms with Gasteiger partial charge in [0.15, 0.2) is 0 Å². The molecule has 4 nitrogen and oxygen atoms in total. The number of ether oxygens (including phenoxy) is 1. The molecule has 0 aliphatic rings. The second-order valence-corrected chi connectivity index (χ2v) is 5.43. The molecule has 1 aromatic heterocycles. The van der Waals surface area contributed by atoms with Gasteiger partial charge in [-0.3, -0.25) is 4.79 Å². The van der Waals surface area contributed by atoms with Crippen LogP contribution < -0.4 is 5.56 Å². The molecule has 0 spiro atoms. The van der Waals surface area contributed by atoms with Crippen LogP contribution in [0.5, 0.6) is 0 Å². The van der Waals surface area contributed by atoms with Crippen LogP contribution in [0, 0.1) is 5.82 Å². The zero-order valence-electron chi connectivity index (χ0n) is 13.1. The first-order valence-electron chi connectivity index (χ1n) is 7.64. The maximum Gasteiger partial charge on any atom is 0.344 e. The Morgan fingerprint density at radius 3 is 2.67 bits per heavy atom. The van der Waals surface area contributed by atoms with E-state index >= 15 is 0 Å². The number of halogens is 1. The Hall–Kier alpha value is -2.95. The molecule has 0 unspecified atom stereocenters. The van der Waals surface area contributed by atoms with E-state index in [1.807, 2.05) is 18.2 Å². The summed E-state index contributed by atoms with van der Waals surface area (Å²) in [6, 6.07) is 11.9. The average Bonchev–Trinajstić information content (AvgIpc) is 2.55. The lowest BCUT2D eigenvalue weighted by Gasteiger charge is -2.09. The van der Waals surface area contributed by atoms with Gasteiger partial charge < -0.3 is 9.72 Å². The number of fused-ring (bicyclic) bond motifs is 1. The van der Waals surface area contributed by atoms with Gasteiger partial charge in [0.1, 0.15) is 11.4 Å². The summed E-state index contributed by atoms with van der Waals surface area (Å²) < 4.78 is 18.2. The topological polar surface area (TPSA) is 59.2 Å². The Morgan fingerprint density at radius 2 is 1.88 bits per heavy atom. The summed E-state index contributed by atoms with van der Waals surface area (Å²) in [6.07, 6.45) is 1.92. The number of hydrogen-bond acceptors (Lipinski definition) is 3. The predicted octanol–water partition coefficient (Wildman–Crippen LogP) is 3.43. The number of esters is 1. The lowest BCUT2D eigenvalue weighted by molar-refractivity contribution is 0.0523. The molecule has 0 bridgehead atoms. The molecular weight excluding hydrogens is 309 g/mol. The van der Waals surface area contributed by atoms with E-state index in [0.29, 0.717) is 12.0 Å². The fourth-order valence-electron chi connectivity index (χ4n) is 2.69. The minimum atomic E-state index is -0.628. The first-order valence-corrected chi connectivity index (χ1v) is 7.64. The molecule has 5 heteroatoms. The van der Waals surface area contributed by atoms with Crippen LogP contribution in [-0.2, 0) is 11.2 Å². The van der Waals surface area contributed by atoms with Crippen molar-refractivity contribution >= 4 is 16.7 Å². The number of hydrogen-bond donors (Lipinski definition) is 1. The average molecular weight is 325 g/mol. The van der Waals surface area contributed by atoms with E-state index < -0.39 is 11.5 Å². The first kappa shape index (κ1) is 15.9. The minimum absolute atomic E-state index is 0.0264. The highest BCUT2D eigenvalue weighted by molar-refractivity contribution is 5.91. The Morgan fingerprint density at radius 1 is 1.12 bits per heavy atom. The summed E-state index contributed by atoms with van der Waals surface area (Å²) in [5, 5.41) is 1.70. The van der Waals surface area contributed by atoms with Crippen LogP contribution in [0.1, 0.15) is 28.4 Å². The molecule has 0 amide bonds. The number of rotatable bonds is 4. The number of pyridine rings is 1. The third-order valence-electron chi connectivity index (χ3n) is 3.79. The van der Waals surface area contributed by atoms with E-state index in [1.165, 1.54) is 18.3 Å². The Labute approximate surface area is 137 Å². The van der Waals surface area contributed by atoms with Crippen molar-refractivity contribution in [2.75, 3.05) is 6.61 Å².